The molecule has 1 aromatic heterocycles. The lowest BCUT2D eigenvalue weighted by atomic mass is 10.1. The summed E-state index contributed by atoms with van der Waals surface area (Å²) in [6.07, 6.45) is 1.72. The van der Waals surface area contributed by atoms with Crippen LogP contribution in [-0.4, -0.2) is 36.8 Å². The second-order valence-electron chi connectivity index (χ2n) is 7.89. The Balaban J connectivity index is 1.69. The van der Waals surface area contributed by atoms with Crippen LogP contribution in [0.2, 0.25) is 0 Å². The molecule has 33 heavy (non-hydrogen) atoms. The Kier molecular flexibility index (Phi) is 6.78. The van der Waals surface area contributed by atoms with Crippen LogP contribution in [0.3, 0.4) is 0 Å². The van der Waals surface area contributed by atoms with E-state index >= 15 is 0 Å². The molecule has 0 aliphatic rings. The van der Waals surface area contributed by atoms with Crippen molar-refractivity contribution in [3.63, 3.8) is 0 Å². The lowest BCUT2D eigenvalue weighted by molar-refractivity contribution is 0.0997. The summed E-state index contributed by atoms with van der Waals surface area (Å²) in [6, 6.07) is 18.3. The first-order valence-corrected chi connectivity index (χ1v) is 13.3. The molecule has 6 nitrogen and oxygen atoms in total. The summed E-state index contributed by atoms with van der Waals surface area (Å²) in [6.45, 7) is 5.20. The average molecular weight is 482 g/mol. The van der Waals surface area contributed by atoms with Crippen LogP contribution in [0, 0.1) is 0 Å². The molecule has 4 rings (SSSR count). The molecule has 0 saturated carbocycles. The van der Waals surface area contributed by atoms with Gasteiger partial charge in [0, 0.05) is 31.1 Å². The first kappa shape index (κ1) is 23.4. The Labute approximate surface area is 197 Å². The highest BCUT2D eigenvalue weighted by molar-refractivity contribution is 7.89. The predicted octanol–water partition coefficient (Wildman–Crippen LogP) is 5.04. The molecule has 172 valence electrons. The molecular formula is C25H27N3O3S2. The number of benzene rings is 3. The fourth-order valence-corrected chi connectivity index (χ4v) is 6.23. The number of amides is 1. The normalized spacial score (nSPS) is 12.8. The number of hydrogen-bond donors (Lipinski definition) is 0. The Morgan fingerprint density at radius 2 is 1.76 bits per heavy atom. The minimum atomic E-state index is -3.57. The van der Waals surface area contributed by atoms with E-state index in [0.29, 0.717) is 23.5 Å². The summed E-state index contributed by atoms with van der Waals surface area (Å²) >= 11 is 1.49. The molecule has 0 spiro atoms. The first-order chi connectivity index (χ1) is 15.9. The smallest absolute Gasteiger partial charge is 0.279 e. The number of hydrogen-bond acceptors (Lipinski definition) is 4. The molecule has 0 bridgehead atoms. The molecule has 0 saturated heterocycles. The van der Waals surface area contributed by atoms with Crippen molar-refractivity contribution in [2.24, 2.45) is 4.99 Å². The van der Waals surface area contributed by atoms with Crippen molar-refractivity contribution < 1.29 is 13.2 Å². The molecule has 0 radical (unpaired) electrons. The van der Waals surface area contributed by atoms with E-state index < -0.39 is 15.9 Å². The fraction of sp³-hybridized carbons (Fsp3) is 0.280. The number of carbonyl (C=O) groups is 1. The standard InChI is InChI=1S/C25H27N3O3S2/c1-4-6-17-27(3)33(30,31)20-14-11-19(12-15-20)24(29)26-25-28(5-2)22-16-13-18-9-7-8-10-21(18)23(22)32-25/h7-16H,4-6,17H2,1-3H3. The van der Waals surface area contributed by atoms with Gasteiger partial charge in [-0.05, 0) is 49.1 Å². The van der Waals surface area contributed by atoms with Gasteiger partial charge >= 0.3 is 0 Å². The van der Waals surface area contributed by atoms with Crippen molar-refractivity contribution in [3.05, 3.63) is 71.0 Å². The van der Waals surface area contributed by atoms with Crippen molar-refractivity contribution in [3.8, 4) is 0 Å². The Bertz CT molecular complexity index is 1480. The highest BCUT2D eigenvalue weighted by Crippen LogP contribution is 2.27. The lowest BCUT2D eigenvalue weighted by Crippen LogP contribution is -2.27. The van der Waals surface area contributed by atoms with Crippen LogP contribution in [0.1, 0.15) is 37.0 Å². The highest BCUT2D eigenvalue weighted by atomic mass is 32.2. The molecule has 1 heterocycles. The van der Waals surface area contributed by atoms with Crippen LogP contribution in [0.15, 0.2) is 70.6 Å². The van der Waals surface area contributed by atoms with Gasteiger partial charge in [-0.3, -0.25) is 4.79 Å². The zero-order chi connectivity index (χ0) is 23.6. The third-order valence-corrected chi connectivity index (χ3v) is 8.72. The van der Waals surface area contributed by atoms with E-state index in [2.05, 4.69) is 29.3 Å². The third-order valence-electron chi connectivity index (χ3n) is 5.72. The van der Waals surface area contributed by atoms with Crippen LogP contribution in [0.25, 0.3) is 21.0 Å². The number of nitrogens with zero attached hydrogens (tertiary/aromatic N) is 3. The van der Waals surface area contributed by atoms with Gasteiger partial charge in [0.25, 0.3) is 5.91 Å². The molecule has 0 aliphatic carbocycles. The van der Waals surface area contributed by atoms with Gasteiger partial charge in [0.2, 0.25) is 10.0 Å². The number of sulfonamides is 1. The summed E-state index contributed by atoms with van der Waals surface area (Å²) in [5, 5.41) is 2.28. The maximum Gasteiger partial charge on any atom is 0.279 e. The van der Waals surface area contributed by atoms with Crippen LogP contribution >= 0.6 is 11.3 Å². The van der Waals surface area contributed by atoms with Crippen molar-refractivity contribution in [1.29, 1.82) is 0 Å². The van der Waals surface area contributed by atoms with Gasteiger partial charge in [0.15, 0.2) is 4.80 Å². The Morgan fingerprint density at radius 1 is 1.03 bits per heavy atom. The zero-order valence-electron chi connectivity index (χ0n) is 19.0. The van der Waals surface area contributed by atoms with E-state index in [1.54, 1.807) is 7.05 Å². The van der Waals surface area contributed by atoms with Gasteiger partial charge in [0.1, 0.15) is 0 Å². The quantitative estimate of drug-likeness (QED) is 0.371. The van der Waals surface area contributed by atoms with E-state index in [4.69, 9.17) is 0 Å². The molecule has 4 aromatic rings. The molecule has 0 aliphatic heterocycles. The molecule has 3 aromatic carbocycles. The summed E-state index contributed by atoms with van der Waals surface area (Å²) < 4.78 is 29.9. The summed E-state index contributed by atoms with van der Waals surface area (Å²) in [4.78, 5) is 18.1. The summed E-state index contributed by atoms with van der Waals surface area (Å²) in [7, 11) is -1.99. The second kappa shape index (κ2) is 9.59. The van der Waals surface area contributed by atoms with Crippen molar-refractivity contribution in [2.75, 3.05) is 13.6 Å². The largest absolute Gasteiger partial charge is 0.317 e. The zero-order valence-corrected chi connectivity index (χ0v) is 20.6. The van der Waals surface area contributed by atoms with Gasteiger partial charge < -0.3 is 4.57 Å². The van der Waals surface area contributed by atoms with Gasteiger partial charge in [-0.15, -0.1) is 0 Å². The maximum absolute atomic E-state index is 12.9. The number of carbonyl (C=O) groups excluding carboxylic acids is 1. The Hall–Kier alpha value is -2.81. The van der Waals surface area contributed by atoms with E-state index in [1.165, 1.54) is 39.9 Å². The van der Waals surface area contributed by atoms with E-state index in [9.17, 15) is 13.2 Å². The number of fused-ring (bicyclic) bond motifs is 3. The molecule has 8 heteroatoms. The maximum atomic E-state index is 12.9. The van der Waals surface area contributed by atoms with Gasteiger partial charge in [0.05, 0.1) is 15.1 Å². The number of aryl methyl sites for hydroxylation is 1. The third kappa shape index (κ3) is 4.51. The Morgan fingerprint density at radius 3 is 2.45 bits per heavy atom. The van der Waals surface area contributed by atoms with Crippen LogP contribution in [0.5, 0.6) is 0 Å². The fourth-order valence-electron chi connectivity index (χ4n) is 3.79. The molecule has 0 atom stereocenters. The topological polar surface area (TPSA) is 71.7 Å². The van der Waals surface area contributed by atoms with Crippen molar-refractivity contribution in [2.45, 2.75) is 38.1 Å². The van der Waals surface area contributed by atoms with E-state index in [-0.39, 0.29) is 4.90 Å². The molecule has 0 unspecified atom stereocenters. The molecule has 1 amide bonds. The van der Waals surface area contributed by atoms with Gasteiger partial charge in [-0.25, -0.2) is 12.7 Å². The highest BCUT2D eigenvalue weighted by Gasteiger charge is 2.20. The summed E-state index contributed by atoms with van der Waals surface area (Å²) in [5.74, 6) is -0.392. The van der Waals surface area contributed by atoms with Crippen LogP contribution in [0.4, 0.5) is 0 Å². The number of unbranched alkanes of at least 4 members (excludes halogenated alkanes) is 1. The number of thiazole rings is 1. The minimum absolute atomic E-state index is 0.176. The average Bonchev–Trinajstić information content (AvgIpc) is 3.19. The molecule has 0 fully saturated rings. The SMILES string of the molecule is CCCCN(C)S(=O)(=O)c1ccc(C(=O)N=c2sc3c4ccccc4ccc3n2CC)cc1. The van der Waals surface area contributed by atoms with E-state index in [1.807, 2.05) is 30.5 Å². The minimum Gasteiger partial charge on any atom is -0.317 e. The van der Waals surface area contributed by atoms with Crippen LogP contribution in [-0.2, 0) is 16.6 Å². The first-order valence-electron chi connectivity index (χ1n) is 11.0. The van der Waals surface area contributed by atoms with Crippen LogP contribution < -0.4 is 4.80 Å². The van der Waals surface area contributed by atoms with Gasteiger partial charge in [-0.2, -0.15) is 4.99 Å². The second-order valence-corrected chi connectivity index (χ2v) is 10.9. The molecule has 0 N–H and O–H groups in total. The number of rotatable bonds is 7. The van der Waals surface area contributed by atoms with E-state index in [0.717, 1.165) is 33.8 Å². The monoisotopic (exact) mass is 481 g/mol. The van der Waals surface area contributed by atoms with Crippen molar-refractivity contribution >= 4 is 48.3 Å². The molecular weight excluding hydrogens is 454 g/mol. The number of aromatic nitrogens is 1. The van der Waals surface area contributed by atoms with Gasteiger partial charge in [-0.1, -0.05) is 55.0 Å². The summed E-state index contributed by atoms with van der Waals surface area (Å²) in [5.41, 5.74) is 1.40. The van der Waals surface area contributed by atoms with Crippen molar-refractivity contribution in [1.82, 2.24) is 8.87 Å². The predicted molar refractivity (Wildman–Crippen MR) is 134 cm³/mol. The lowest BCUT2D eigenvalue weighted by Gasteiger charge is -2.16.